The van der Waals surface area contributed by atoms with Gasteiger partial charge in [-0.25, -0.2) is 4.79 Å². The van der Waals surface area contributed by atoms with Crippen molar-refractivity contribution in [1.29, 1.82) is 0 Å². The molecule has 1 aliphatic rings. The van der Waals surface area contributed by atoms with E-state index < -0.39 is 0 Å². The maximum Gasteiger partial charge on any atom is 0.324 e. The van der Waals surface area contributed by atoms with Gasteiger partial charge < -0.3 is 10.6 Å². The number of amides is 3. The van der Waals surface area contributed by atoms with Gasteiger partial charge in [0.1, 0.15) is 6.04 Å². The highest BCUT2D eigenvalue weighted by Crippen LogP contribution is 2.23. The zero-order chi connectivity index (χ0) is 18.6. The van der Waals surface area contributed by atoms with Gasteiger partial charge in [0, 0.05) is 24.6 Å². The number of nitrogens with two attached hydrogens (primary N) is 1. The lowest BCUT2D eigenvalue weighted by Crippen LogP contribution is -2.93. The van der Waals surface area contributed by atoms with E-state index in [2.05, 4.69) is 62.6 Å². The van der Waals surface area contributed by atoms with Crippen molar-refractivity contribution >= 4 is 11.9 Å². The predicted molar refractivity (Wildman–Crippen MR) is 99.2 cm³/mol. The minimum Gasteiger partial charge on any atom is -0.336 e. The van der Waals surface area contributed by atoms with E-state index in [4.69, 9.17) is 0 Å². The summed E-state index contributed by atoms with van der Waals surface area (Å²) in [5.74, 6) is 0.832. The molecule has 2 rings (SSSR count). The van der Waals surface area contributed by atoms with Gasteiger partial charge in [-0.1, -0.05) is 52.0 Å². The van der Waals surface area contributed by atoms with Crippen LogP contribution in [0.15, 0.2) is 24.3 Å². The van der Waals surface area contributed by atoms with Gasteiger partial charge in [-0.3, -0.25) is 9.69 Å². The topological polar surface area (TPSA) is 66.0 Å². The second-order valence-corrected chi connectivity index (χ2v) is 7.45. The van der Waals surface area contributed by atoms with Crippen LogP contribution in [0.4, 0.5) is 4.79 Å². The Morgan fingerprint density at radius 3 is 2.24 bits per heavy atom. The Bertz CT molecular complexity index is 597. The van der Waals surface area contributed by atoms with Gasteiger partial charge in [-0.2, -0.15) is 0 Å². The highest BCUT2D eigenvalue weighted by Gasteiger charge is 2.34. The van der Waals surface area contributed by atoms with Gasteiger partial charge in [0.15, 0.2) is 6.04 Å². The maximum atomic E-state index is 12.6. The summed E-state index contributed by atoms with van der Waals surface area (Å²) in [7, 11) is 0. The molecule has 3 atom stereocenters. The Kier molecular flexibility index (Phi) is 6.59. The molecule has 0 saturated carbocycles. The average Bonchev–Trinajstić information content (AvgIpc) is 3.03. The maximum absolute atomic E-state index is 12.6. The molecule has 0 spiro atoms. The molecule has 25 heavy (non-hydrogen) atoms. The van der Waals surface area contributed by atoms with Crippen LogP contribution in [0.3, 0.4) is 0 Å². The van der Waals surface area contributed by atoms with Gasteiger partial charge in [-0.05, 0) is 24.8 Å². The van der Waals surface area contributed by atoms with E-state index in [-0.39, 0.29) is 24.0 Å². The fraction of sp³-hybridized carbons (Fsp3) is 0.600. The summed E-state index contributed by atoms with van der Waals surface area (Å²) in [4.78, 5) is 25.6. The van der Waals surface area contributed by atoms with E-state index in [1.807, 2.05) is 6.92 Å². The summed E-state index contributed by atoms with van der Waals surface area (Å²) in [6.45, 7) is 11.7. The van der Waals surface area contributed by atoms with Crippen molar-refractivity contribution in [3.63, 3.8) is 0 Å². The third-order valence-electron chi connectivity index (χ3n) is 5.23. The average molecular weight is 346 g/mol. The molecule has 1 saturated heterocycles. The highest BCUT2D eigenvalue weighted by atomic mass is 16.2. The molecule has 1 aromatic carbocycles. The summed E-state index contributed by atoms with van der Waals surface area (Å²) >= 11 is 0. The molecule has 1 heterocycles. The van der Waals surface area contributed by atoms with E-state index in [0.29, 0.717) is 24.9 Å². The van der Waals surface area contributed by atoms with Gasteiger partial charge in [-0.15, -0.1) is 0 Å². The number of urea groups is 1. The van der Waals surface area contributed by atoms with Crippen LogP contribution in [-0.2, 0) is 4.79 Å². The largest absolute Gasteiger partial charge is 0.336 e. The number of imide groups is 1. The first-order valence-corrected chi connectivity index (χ1v) is 9.39. The van der Waals surface area contributed by atoms with E-state index in [9.17, 15) is 9.59 Å². The molecule has 0 bridgehead atoms. The number of benzene rings is 1. The highest BCUT2D eigenvalue weighted by molar-refractivity contribution is 5.97. The third kappa shape index (κ3) is 4.60. The minimum atomic E-state index is -0.287. The lowest BCUT2D eigenvalue weighted by molar-refractivity contribution is -0.719. The van der Waals surface area contributed by atoms with Crippen LogP contribution in [0.1, 0.15) is 64.1 Å². The molecule has 1 aromatic rings. The van der Waals surface area contributed by atoms with Crippen LogP contribution in [0.5, 0.6) is 0 Å². The molecule has 1 aliphatic heterocycles. The smallest absolute Gasteiger partial charge is 0.324 e. The summed E-state index contributed by atoms with van der Waals surface area (Å²) in [6.07, 6.45) is 1.13. The predicted octanol–water partition coefficient (Wildman–Crippen LogP) is 2.40. The molecule has 5 heteroatoms. The Hall–Kier alpha value is -1.88. The van der Waals surface area contributed by atoms with Crippen LogP contribution < -0.4 is 10.6 Å². The standard InChI is InChI=1S/C20H31N3O2/c1-6-14(4)16-7-9-17(10-8-16)18(13(2)3)22-15(5)19(24)23-12-11-21-20(23)25/h7-10,13-15,18,22H,6,11-12H2,1-5H3,(H,21,25)/p+1/t14-,15+,18-/m1/s1. The third-order valence-corrected chi connectivity index (χ3v) is 5.23. The molecule has 3 amide bonds. The molecule has 138 valence electrons. The number of nitrogens with zero attached hydrogens (tertiary/aromatic N) is 1. The first-order valence-electron chi connectivity index (χ1n) is 9.39. The van der Waals surface area contributed by atoms with Crippen LogP contribution in [-0.4, -0.2) is 36.0 Å². The summed E-state index contributed by atoms with van der Waals surface area (Å²) < 4.78 is 0. The minimum absolute atomic E-state index is 0.114. The Labute approximate surface area is 151 Å². The summed E-state index contributed by atoms with van der Waals surface area (Å²) in [5, 5.41) is 4.78. The first kappa shape index (κ1) is 19.4. The van der Waals surface area contributed by atoms with Crippen molar-refractivity contribution in [1.82, 2.24) is 10.2 Å². The van der Waals surface area contributed by atoms with Crippen molar-refractivity contribution in [3.8, 4) is 0 Å². The molecule has 0 unspecified atom stereocenters. The Morgan fingerprint density at radius 1 is 1.16 bits per heavy atom. The van der Waals surface area contributed by atoms with Gasteiger partial charge >= 0.3 is 6.03 Å². The molecule has 0 radical (unpaired) electrons. The zero-order valence-electron chi connectivity index (χ0n) is 16.1. The van der Waals surface area contributed by atoms with Crippen LogP contribution >= 0.6 is 0 Å². The molecule has 3 N–H and O–H groups in total. The molecule has 0 aromatic heterocycles. The fourth-order valence-electron chi connectivity index (χ4n) is 3.32. The van der Waals surface area contributed by atoms with E-state index >= 15 is 0 Å². The van der Waals surface area contributed by atoms with Crippen LogP contribution in [0, 0.1) is 5.92 Å². The molecule has 0 aliphatic carbocycles. The number of quaternary nitrogens is 1. The number of hydrogen-bond donors (Lipinski definition) is 2. The van der Waals surface area contributed by atoms with Gasteiger partial charge in [0.05, 0.1) is 0 Å². The number of rotatable bonds is 7. The number of carbonyl (C=O) groups excluding carboxylic acids is 2. The van der Waals surface area contributed by atoms with Crippen molar-refractivity contribution in [3.05, 3.63) is 35.4 Å². The van der Waals surface area contributed by atoms with E-state index in [0.717, 1.165) is 6.42 Å². The lowest BCUT2D eigenvalue weighted by Gasteiger charge is -2.25. The normalized spacial score (nSPS) is 18.2. The number of carbonyl (C=O) groups is 2. The number of nitrogens with one attached hydrogen (secondary N) is 1. The quantitative estimate of drug-likeness (QED) is 0.796. The SMILES string of the molecule is CC[C@@H](C)c1ccc([C@H]([NH2+][C@@H](C)C(=O)N2CCNC2=O)C(C)C)cc1. The molecular weight excluding hydrogens is 314 g/mol. The van der Waals surface area contributed by atoms with E-state index in [1.165, 1.54) is 16.0 Å². The van der Waals surface area contributed by atoms with Crippen molar-refractivity contribution in [2.24, 2.45) is 5.92 Å². The number of hydrogen-bond acceptors (Lipinski definition) is 2. The van der Waals surface area contributed by atoms with Crippen molar-refractivity contribution < 1.29 is 14.9 Å². The summed E-state index contributed by atoms with van der Waals surface area (Å²) in [5.41, 5.74) is 2.58. The molecule has 1 fully saturated rings. The second kappa shape index (κ2) is 8.48. The van der Waals surface area contributed by atoms with E-state index in [1.54, 1.807) is 0 Å². The lowest BCUT2D eigenvalue weighted by atomic mass is 9.91. The van der Waals surface area contributed by atoms with Crippen LogP contribution in [0.25, 0.3) is 0 Å². The Morgan fingerprint density at radius 2 is 1.76 bits per heavy atom. The van der Waals surface area contributed by atoms with Gasteiger partial charge in [0.25, 0.3) is 5.91 Å². The first-order chi connectivity index (χ1) is 11.8. The molecular formula is C20H32N3O2+. The molecule has 5 nitrogen and oxygen atoms in total. The van der Waals surface area contributed by atoms with Gasteiger partial charge in [0.2, 0.25) is 0 Å². The second-order valence-electron chi connectivity index (χ2n) is 7.45. The monoisotopic (exact) mass is 346 g/mol. The van der Waals surface area contributed by atoms with Crippen LogP contribution in [0.2, 0.25) is 0 Å². The fourth-order valence-corrected chi connectivity index (χ4v) is 3.32. The zero-order valence-corrected chi connectivity index (χ0v) is 16.1. The summed E-state index contributed by atoms with van der Waals surface area (Å²) in [6, 6.07) is 8.40. The Balaban J connectivity index is 2.10. The van der Waals surface area contributed by atoms with Crippen molar-refractivity contribution in [2.75, 3.05) is 13.1 Å². The van der Waals surface area contributed by atoms with Crippen molar-refractivity contribution in [2.45, 2.75) is 59.0 Å².